The highest BCUT2D eigenvalue weighted by Gasteiger charge is 2.07. The quantitative estimate of drug-likeness (QED) is 0.628. The Labute approximate surface area is 108 Å². The largest absolute Gasteiger partial charge is 0.448 e. The second kappa shape index (κ2) is 5.84. The topological polar surface area (TPSA) is 44.5 Å². The zero-order chi connectivity index (χ0) is 12.1. The fourth-order valence-corrected chi connectivity index (χ4v) is 1.71. The third-order valence-electron chi connectivity index (χ3n) is 2.21. The molecule has 1 heterocycles. The second-order valence-corrected chi connectivity index (χ2v) is 3.97. The lowest BCUT2D eigenvalue weighted by Gasteiger charge is -1.97. The van der Waals surface area contributed by atoms with E-state index in [0.717, 1.165) is 10.9 Å². The van der Waals surface area contributed by atoms with E-state index < -0.39 is 0 Å². The molecule has 5 heteroatoms. The van der Waals surface area contributed by atoms with Crippen molar-refractivity contribution in [1.29, 1.82) is 0 Å². The number of ether oxygens (including phenoxy) is 2. The normalized spacial score (nSPS) is 10.5. The molecule has 0 unspecified atom stereocenters. The molecule has 0 aliphatic carbocycles. The summed E-state index contributed by atoms with van der Waals surface area (Å²) in [6.07, 6.45) is 0. The van der Waals surface area contributed by atoms with Gasteiger partial charge in [0.1, 0.15) is 0 Å². The summed E-state index contributed by atoms with van der Waals surface area (Å²) in [6, 6.07) is 9.77. The molecule has 17 heavy (non-hydrogen) atoms. The van der Waals surface area contributed by atoms with Crippen molar-refractivity contribution in [2.24, 2.45) is 0 Å². The smallest absolute Gasteiger partial charge is 0.256 e. The highest BCUT2D eigenvalue weighted by Crippen LogP contribution is 2.24. The van der Waals surface area contributed by atoms with Crippen LogP contribution in [0.5, 0.6) is 5.88 Å². The SMILES string of the molecule is COCOc1cc(-c2ccc(CBr)cc2)on1. The van der Waals surface area contributed by atoms with Crippen LogP contribution in [0.4, 0.5) is 0 Å². The third kappa shape index (κ3) is 3.08. The first-order valence-corrected chi connectivity index (χ1v) is 6.19. The van der Waals surface area contributed by atoms with E-state index in [-0.39, 0.29) is 6.79 Å². The number of hydrogen-bond donors (Lipinski definition) is 0. The van der Waals surface area contributed by atoms with Gasteiger partial charge in [-0.1, -0.05) is 40.2 Å². The van der Waals surface area contributed by atoms with E-state index in [1.807, 2.05) is 24.3 Å². The fourth-order valence-electron chi connectivity index (χ4n) is 1.34. The second-order valence-electron chi connectivity index (χ2n) is 3.41. The van der Waals surface area contributed by atoms with E-state index in [2.05, 4.69) is 21.1 Å². The summed E-state index contributed by atoms with van der Waals surface area (Å²) in [5.41, 5.74) is 2.18. The average molecular weight is 298 g/mol. The lowest BCUT2D eigenvalue weighted by Crippen LogP contribution is -1.98. The van der Waals surface area contributed by atoms with Crippen LogP contribution in [0.2, 0.25) is 0 Å². The van der Waals surface area contributed by atoms with Gasteiger partial charge in [0.2, 0.25) is 0 Å². The molecule has 2 aromatic rings. The molecule has 1 aromatic heterocycles. The Morgan fingerprint density at radius 1 is 1.29 bits per heavy atom. The molecule has 0 saturated carbocycles. The first-order chi connectivity index (χ1) is 8.33. The van der Waals surface area contributed by atoms with Crippen molar-refractivity contribution in [3.63, 3.8) is 0 Å². The predicted octanol–water partition coefficient (Wildman–Crippen LogP) is 3.22. The molecule has 0 saturated heterocycles. The number of methoxy groups -OCH3 is 1. The van der Waals surface area contributed by atoms with Gasteiger partial charge >= 0.3 is 0 Å². The minimum Gasteiger partial charge on any atom is -0.448 e. The van der Waals surface area contributed by atoms with Gasteiger partial charge in [0.15, 0.2) is 12.6 Å². The van der Waals surface area contributed by atoms with Crippen LogP contribution in [0.15, 0.2) is 34.9 Å². The molecule has 90 valence electrons. The summed E-state index contributed by atoms with van der Waals surface area (Å²) in [5, 5.41) is 4.63. The van der Waals surface area contributed by atoms with Crippen LogP contribution in [-0.2, 0) is 10.1 Å². The Hall–Kier alpha value is -1.33. The Morgan fingerprint density at radius 3 is 2.71 bits per heavy atom. The summed E-state index contributed by atoms with van der Waals surface area (Å²) >= 11 is 3.40. The van der Waals surface area contributed by atoms with Crippen molar-refractivity contribution in [3.8, 4) is 17.2 Å². The molecular formula is C12H12BrNO3. The van der Waals surface area contributed by atoms with Crippen molar-refractivity contribution >= 4 is 15.9 Å². The van der Waals surface area contributed by atoms with Crippen molar-refractivity contribution in [2.45, 2.75) is 5.33 Å². The maximum absolute atomic E-state index is 5.18. The number of alkyl halides is 1. The van der Waals surface area contributed by atoms with Gasteiger partial charge in [-0.2, -0.15) is 0 Å². The molecule has 0 radical (unpaired) electrons. The Balaban J connectivity index is 2.12. The number of benzene rings is 1. The monoisotopic (exact) mass is 297 g/mol. The van der Waals surface area contributed by atoms with Gasteiger partial charge in [-0.15, -0.1) is 0 Å². The molecule has 1 aromatic carbocycles. The summed E-state index contributed by atoms with van der Waals surface area (Å²) < 4.78 is 15.1. The van der Waals surface area contributed by atoms with Crippen molar-refractivity contribution in [1.82, 2.24) is 5.16 Å². The minimum atomic E-state index is 0.161. The predicted molar refractivity (Wildman–Crippen MR) is 67.1 cm³/mol. The van der Waals surface area contributed by atoms with Crippen LogP contribution in [0.3, 0.4) is 0 Å². The highest BCUT2D eigenvalue weighted by atomic mass is 79.9. The van der Waals surface area contributed by atoms with E-state index in [1.54, 1.807) is 13.2 Å². The molecule has 0 spiro atoms. The molecule has 0 fully saturated rings. The summed E-state index contributed by atoms with van der Waals surface area (Å²) in [6.45, 7) is 0.161. The van der Waals surface area contributed by atoms with Crippen molar-refractivity contribution in [3.05, 3.63) is 35.9 Å². The van der Waals surface area contributed by atoms with Crippen LogP contribution >= 0.6 is 15.9 Å². The van der Waals surface area contributed by atoms with Crippen molar-refractivity contribution in [2.75, 3.05) is 13.9 Å². The minimum absolute atomic E-state index is 0.161. The van der Waals surface area contributed by atoms with Gasteiger partial charge in [-0.05, 0) is 10.7 Å². The lowest BCUT2D eigenvalue weighted by atomic mass is 10.1. The molecule has 0 aliphatic rings. The van der Waals surface area contributed by atoms with E-state index in [1.165, 1.54) is 5.56 Å². The van der Waals surface area contributed by atoms with Gasteiger partial charge in [0.05, 0.1) is 0 Å². The molecule has 4 nitrogen and oxygen atoms in total. The van der Waals surface area contributed by atoms with Gasteiger partial charge in [0.25, 0.3) is 5.88 Å². The van der Waals surface area contributed by atoms with Gasteiger partial charge in [-0.3, -0.25) is 0 Å². The fraction of sp³-hybridized carbons (Fsp3) is 0.250. The molecular weight excluding hydrogens is 286 g/mol. The maximum atomic E-state index is 5.18. The molecule has 0 amide bonds. The zero-order valence-electron chi connectivity index (χ0n) is 9.35. The van der Waals surface area contributed by atoms with Crippen LogP contribution in [0, 0.1) is 0 Å². The third-order valence-corrected chi connectivity index (χ3v) is 2.85. The Kier molecular flexibility index (Phi) is 4.17. The van der Waals surface area contributed by atoms with Gasteiger partial charge < -0.3 is 14.0 Å². The van der Waals surface area contributed by atoms with Crippen LogP contribution in [0.25, 0.3) is 11.3 Å². The summed E-state index contributed by atoms with van der Waals surface area (Å²) in [4.78, 5) is 0. The lowest BCUT2D eigenvalue weighted by molar-refractivity contribution is 0.0453. The number of hydrogen-bond acceptors (Lipinski definition) is 4. The van der Waals surface area contributed by atoms with Crippen LogP contribution < -0.4 is 4.74 Å². The van der Waals surface area contributed by atoms with Crippen LogP contribution in [-0.4, -0.2) is 19.1 Å². The summed E-state index contributed by atoms with van der Waals surface area (Å²) in [7, 11) is 1.56. The first-order valence-electron chi connectivity index (χ1n) is 5.07. The Morgan fingerprint density at radius 2 is 2.06 bits per heavy atom. The average Bonchev–Trinajstić information content (AvgIpc) is 2.85. The van der Waals surface area contributed by atoms with E-state index >= 15 is 0 Å². The number of rotatable bonds is 5. The maximum Gasteiger partial charge on any atom is 0.256 e. The van der Waals surface area contributed by atoms with Crippen LogP contribution in [0.1, 0.15) is 5.56 Å². The molecule has 0 aliphatic heterocycles. The van der Waals surface area contributed by atoms with Crippen molar-refractivity contribution < 1.29 is 14.0 Å². The van der Waals surface area contributed by atoms with Gasteiger partial charge in [-0.25, -0.2) is 0 Å². The van der Waals surface area contributed by atoms with E-state index in [4.69, 9.17) is 14.0 Å². The number of aromatic nitrogens is 1. The molecule has 0 bridgehead atoms. The molecule has 0 atom stereocenters. The first kappa shape index (κ1) is 12.1. The standard InChI is InChI=1S/C12H12BrNO3/c1-15-8-16-12-6-11(17-14-12)10-4-2-9(7-13)3-5-10/h2-6H,7-8H2,1H3. The number of nitrogens with zero attached hydrogens (tertiary/aromatic N) is 1. The molecule has 2 rings (SSSR count). The number of halogens is 1. The summed E-state index contributed by atoms with van der Waals surface area (Å²) in [5.74, 6) is 1.10. The van der Waals surface area contributed by atoms with E-state index in [0.29, 0.717) is 11.6 Å². The van der Waals surface area contributed by atoms with Gasteiger partial charge in [0, 0.05) is 24.1 Å². The Bertz CT molecular complexity index is 467. The van der Waals surface area contributed by atoms with E-state index in [9.17, 15) is 0 Å². The zero-order valence-corrected chi connectivity index (χ0v) is 10.9. The molecule has 0 N–H and O–H groups in total. The highest BCUT2D eigenvalue weighted by molar-refractivity contribution is 9.08.